The van der Waals surface area contributed by atoms with Gasteiger partial charge in [0, 0.05) is 5.54 Å². The summed E-state index contributed by atoms with van der Waals surface area (Å²) in [6, 6.07) is 10.9. The van der Waals surface area contributed by atoms with Crippen molar-refractivity contribution in [2.24, 2.45) is 0 Å². The molecule has 1 N–H and O–H groups in total. The number of hydrogen-bond donors (Lipinski definition) is 1. The molecule has 0 aromatic heterocycles. The SMILES string of the molecule is CCC[C@@]1(Cc2ccccc2)CCCN1. The zero-order valence-corrected chi connectivity index (χ0v) is 9.63. The lowest BCUT2D eigenvalue weighted by Crippen LogP contribution is -2.41. The molecule has 1 aliphatic rings. The van der Waals surface area contributed by atoms with Crippen molar-refractivity contribution in [2.45, 2.75) is 44.6 Å². The first-order chi connectivity index (χ1) is 7.35. The van der Waals surface area contributed by atoms with Gasteiger partial charge in [-0.2, -0.15) is 0 Å². The van der Waals surface area contributed by atoms with Crippen molar-refractivity contribution in [3.8, 4) is 0 Å². The summed E-state index contributed by atoms with van der Waals surface area (Å²) in [5, 5.41) is 3.72. The molecule has 0 radical (unpaired) electrons. The molecule has 1 aromatic rings. The first-order valence-electron chi connectivity index (χ1n) is 6.14. The predicted octanol–water partition coefficient (Wildman–Crippen LogP) is 3.15. The summed E-state index contributed by atoms with van der Waals surface area (Å²) in [4.78, 5) is 0. The molecule has 0 aliphatic carbocycles. The van der Waals surface area contributed by atoms with Crippen molar-refractivity contribution in [3.05, 3.63) is 35.9 Å². The highest BCUT2D eigenvalue weighted by atomic mass is 15.0. The van der Waals surface area contributed by atoms with Gasteiger partial charge in [0.2, 0.25) is 0 Å². The fourth-order valence-corrected chi connectivity index (χ4v) is 2.79. The molecule has 1 fully saturated rings. The van der Waals surface area contributed by atoms with Crippen LogP contribution < -0.4 is 5.32 Å². The van der Waals surface area contributed by atoms with Crippen molar-refractivity contribution in [2.75, 3.05) is 6.54 Å². The van der Waals surface area contributed by atoms with Crippen LogP contribution in [0.5, 0.6) is 0 Å². The summed E-state index contributed by atoms with van der Waals surface area (Å²) in [6.45, 7) is 3.49. The number of benzene rings is 1. The van der Waals surface area contributed by atoms with Crippen LogP contribution >= 0.6 is 0 Å². The molecule has 1 heteroatoms. The maximum Gasteiger partial charge on any atom is 0.0222 e. The number of nitrogens with one attached hydrogen (secondary N) is 1. The van der Waals surface area contributed by atoms with Crippen LogP contribution in [0.4, 0.5) is 0 Å². The van der Waals surface area contributed by atoms with E-state index in [2.05, 4.69) is 42.6 Å². The van der Waals surface area contributed by atoms with Crippen LogP contribution in [0.3, 0.4) is 0 Å². The van der Waals surface area contributed by atoms with Crippen molar-refractivity contribution in [1.29, 1.82) is 0 Å². The zero-order valence-electron chi connectivity index (χ0n) is 9.63. The molecule has 1 aromatic carbocycles. The lowest BCUT2D eigenvalue weighted by Gasteiger charge is -2.29. The summed E-state index contributed by atoms with van der Waals surface area (Å²) in [7, 11) is 0. The summed E-state index contributed by atoms with van der Waals surface area (Å²) >= 11 is 0. The Hall–Kier alpha value is -0.820. The van der Waals surface area contributed by atoms with E-state index in [1.807, 2.05) is 0 Å². The molecule has 1 aliphatic heterocycles. The van der Waals surface area contributed by atoms with E-state index in [0.717, 1.165) is 0 Å². The highest BCUT2D eigenvalue weighted by molar-refractivity contribution is 5.18. The van der Waals surface area contributed by atoms with Gasteiger partial charge in [0.15, 0.2) is 0 Å². The van der Waals surface area contributed by atoms with Crippen LogP contribution in [-0.4, -0.2) is 12.1 Å². The largest absolute Gasteiger partial charge is 0.311 e. The van der Waals surface area contributed by atoms with Gasteiger partial charge in [-0.3, -0.25) is 0 Å². The number of rotatable bonds is 4. The van der Waals surface area contributed by atoms with E-state index < -0.39 is 0 Å². The third kappa shape index (κ3) is 2.60. The average Bonchev–Trinajstić information content (AvgIpc) is 2.69. The molecule has 0 amide bonds. The molecule has 15 heavy (non-hydrogen) atoms. The van der Waals surface area contributed by atoms with Gasteiger partial charge < -0.3 is 5.32 Å². The summed E-state index contributed by atoms with van der Waals surface area (Å²) < 4.78 is 0. The third-order valence-electron chi connectivity index (χ3n) is 3.45. The van der Waals surface area contributed by atoms with Crippen molar-refractivity contribution in [3.63, 3.8) is 0 Å². The molecule has 1 heterocycles. The fraction of sp³-hybridized carbons (Fsp3) is 0.571. The third-order valence-corrected chi connectivity index (χ3v) is 3.45. The van der Waals surface area contributed by atoms with Gasteiger partial charge in [0.1, 0.15) is 0 Å². The standard InChI is InChI=1S/C14H21N/c1-2-9-14(10-6-11-15-14)12-13-7-4-3-5-8-13/h3-5,7-8,15H,2,6,9-12H2,1H3/t14-/m0/s1. The van der Waals surface area contributed by atoms with E-state index >= 15 is 0 Å². The Morgan fingerprint density at radius 3 is 2.67 bits per heavy atom. The van der Waals surface area contributed by atoms with Gasteiger partial charge in [0.05, 0.1) is 0 Å². The molecule has 2 rings (SSSR count). The predicted molar refractivity (Wildman–Crippen MR) is 65.0 cm³/mol. The van der Waals surface area contributed by atoms with E-state index in [1.54, 1.807) is 0 Å². The second-order valence-corrected chi connectivity index (χ2v) is 4.72. The van der Waals surface area contributed by atoms with E-state index in [4.69, 9.17) is 0 Å². The van der Waals surface area contributed by atoms with Crippen LogP contribution in [0.2, 0.25) is 0 Å². The van der Waals surface area contributed by atoms with Crippen LogP contribution in [0, 0.1) is 0 Å². The molecule has 82 valence electrons. The van der Waals surface area contributed by atoms with Crippen LogP contribution in [-0.2, 0) is 6.42 Å². The molecule has 0 spiro atoms. The molecular weight excluding hydrogens is 182 g/mol. The minimum absolute atomic E-state index is 0.399. The molecule has 1 atom stereocenters. The van der Waals surface area contributed by atoms with Crippen LogP contribution in [0.25, 0.3) is 0 Å². The second-order valence-electron chi connectivity index (χ2n) is 4.72. The lowest BCUT2D eigenvalue weighted by atomic mass is 9.85. The van der Waals surface area contributed by atoms with Crippen molar-refractivity contribution in [1.82, 2.24) is 5.32 Å². The maximum absolute atomic E-state index is 3.72. The lowest BCUT2D eigenvalue weighted by molar-refractivity contribution is 0.342. The normalized spacial score (nSPS) is 25.7. The Balaban J connectivity index is 2.07. The first-order valence-corrected chi connectivity index (χ1v) is 6.14. The van der Waals surface area contributed by atoms with E-state index in [9.17, 15) is 0 Å². The topological polar surface area (TPSA) is 12.0 Å². The first kappa shape index (κ1) is 10.7. The minimum atomic E-state index is 0.399. The van der Waals surface area contributed by atoms with Gasteiger partial charge in [-0.25, -0.2) is 0 Å². The zero-order chi connectivity index (χ0) is 10.6. The molecular formula is C14H21N. The smallest absolute Gasteiger partial charge is 0.0222 e. The molecule has 1 nitrogen and oxygen atoms in total. The fourth-order valence-electron chi connectivity index (χ4n) is 2.79. The highest BCUT2D eigenvalue weighted by Crippen LogP contribution is 2.28. The number of hydrogen-bond acceptors (Lipinski definition) is 1. The van der Waals surface area contributed by atoms with Gasteiger partial charge in [0.25, 0.3) is 0 Å². The Morgan fingerprint density at radius 1 is 1.27 bits per heavy atom. The summed E-state index contributed by atoms with van der Waals surface area (Å²) in [5.41, 5.74) is 1.87. The quantitative estimate of drug-likeness (QED) is 0.792. The van der Waals surface area contributed by atoms with Crippen molar-refractivity contribution >= 4 is 0 Å². The van der Waals surface area contributed by atoms with Crippen molar-refractivity contribution < 1.29 is 0 Å². The van der Waals surface area contributed by atoms with E-state index in [0.29, 0.717) is 5.54 Å². The Kier molecular flexibility index (Phi) is 3.42. The van der Waals surface area contributed by atoms with Gasteiger partial charge in [-0.1, -0.05) is 43.7 Å². The Morgan fingerprint density at radius 2 is 2.07 bits per heavy atom. The molecule has 0 bridgehead atoms. The summed E-state index contributed by atoms with van der Waals surface area (Å²) in [5.74, 6) is 0. The van der Waals surface area contributed by atoms with E-state index in [-0.39, 0.29) is 0 Å². The molecule has 1 saturated heterocycles. The van der Waals surface area contributed by atoms with Crippen LogP contribution in [0.15, 0.2) is 30.3 Å². The van der Waals surface area contributed by atoms with Gasteiger partial charge >= 0.3 is 0 Å². The molecule has 0 unspecified atom stereocenters. The molecule has 0 saturated carbocycles. The Bertz CT molecular complexity index is 285. The Labute approximate surface area is 92.9 Å². The van der Waals surface area contributed by atoms with Gasteiger partial charge in [-0.15, -0.1) is 0 Å². The highest BCUT2D eigenvalue weighted by Gasteiger charge is 2.32. The van der Waals surface area contributed by atoms with E-state index in [1.165, 1.54) is 44.2 Å². The monoisotopic (exact) mass is 203 g/mol. The summed E-state index contributed by atoms with van der Waals surface area (Å²) in [6.07, 6.45) is 6.46. The van der Waals surface area contributed by atoms with Gasteiger partial charge in [-0.05, 0) is 37.8 Å². The average molecular weight is 203 g/mol. The maximum atomic E-state index is 3.72. The van der Waals surface area contributed by atoms with Crippen LogP contribution in [0.1, 0.15) is 38.2 Å². The second kappa shape index (κ2) is 4.80. The minimum Gasteiger partial charge on any atom is -0.311 e.